The third-order valence-electron chi connectivity index (χ3n) is 2.78. The molecule has 0 aromatic heterocycles. The van der Waals surface area contributed by atoms with E-state index in [1.807, 2.05) is 32.0 Å². The molecule has 0 aliphatic carbocycles. The van der Waals surface area contributed by atoms with E-state index in [2.05, 4.69) is 15.9 Å². The fourth-order valence-electron chi connectivity index (χ4n) is 2.01. The van der Waals surface area contributed by atoms with Gasteiger partial charge in [-0.2, -0.15) is 0 Å². The van der Waals surface area contributed by atoms with E-state index >= 15 is 0 Å². The van der Waals surface area contributed by atoms with Gasteiger partial charge in [0, 0.05) is 17.8 Å². The summed E-state index contributed by atoms with van der Waals surface area (Å²) in [6, 6.07) is 5.94. The van der Waals surface area contributed by atoms with Gasteiger partial charge in [0.15, 0.2) is 0 Å². The highest BCUT2D eigenvalue weighted by Crippen LogP contribution is 2.33. The predicted octanol–water partition coefficient (Wildman–Crippen LogP) is 2.89. The molecule has 0 radical (unpaired) electrons. The number of hydrogen-bond acceptors (Lipinski definition) is 2. The van der Waals surface area contributed by atoms with Crippen LogP contribution in [0.4, 0.5) is 5.69 Å². The Balaban J connectivity index is 2.35. The lowest BCUT2D eigenvalue weighted by Gasteiger charge is -2.20. The van der Waals surface area contributed by atoms with Gasteiger partial charge in [-0.05, 0) is 31.5 Å². The lowest BCUT2D eigenvalue weighted by molar-refractivity contribution is -0.117. The van der Waals surface area contributed by atoms with E-state index in [0.29, 0.717) is 19.6 Å². The highest BCUT2D eigenvalue weighted by atomic mass is 79.9. The van der Waals surface area contributed by atoms with Crippen molar-refractivity contribution in [2.75, 3.05) is 18.1 Å². The molecule has 1 fully saturated rings. The van der Waals surface area contributed by atoms with Gasteiger partial charge in [-0.3, -0.25) is 4.79 Å². The van der Waals surface area contributed by atoms with Crippen molar-refractivity contribution in [1.82, 2.24) is 0 Å². The minimum absolute atomic E-state index is 0.151. The normalized spacial score (nSPS) is 19.8. The highest BCUT2D eigenvalue weighted by molar-refractivity contribution is 9.09. The van der Waals surface area contributed by atoms with Gasteiger partial charge in [-0.25, -0.2) is 0 Å². The summed E-state index contributed by atoms with van der Waals surface area (Å²) in [4.78, 5) is 13.9. The van der Waals surface area contributed by atoms with E-state index in [-0.39, 0.29) is 10.7 Å². The third-order valence-corrected chi connectivity index (χ3v) is 3.40. The van der Waals surface area contributed by atoms with Crippen LogP contribution in [-0.4, -0.2) is 23.9 Å². The van der Waals surface area contributed by atoms with Crippen molar-refractivity contribution in [1.29, 1.82) is 0 Å². The van der Waals surface area contributed by atoms with Gasteiger partial charge in [-0.1, -0.05) is 22.0 Å². The zero-order valence-corrected chi connectivity index (χ0v) is 11.7. The van der Waals surface area contributed by atoms with E-state index in [4.69, 9.17) is 4.74 Å². The molecular weight excluding hydrogens is 282 g/mol. The first-order valence-electron chi connectivity index (χ1n) is 5.79. The standard InChI is InChI=1S/C13H16BrNO2/c1-3-17-12-5-4-9(2)6-11(12)15-8-10(14)7-13(15)16/h4-6,10H,3,7-8H2,1-2H3. The summed E-state index contributed by atoms with van der Waals surface area (Å²) in [5.41, 5.74) is 2.02. The third kappa shape index (κ3) is 2.63. The SMILES string of the molecule is CCOc1ccc(C)cc1N1CC(Br)CC1=O. The first kappa shape index (κ1) is 12.4. The molecular formula is C13H16BrNO2. The average molecular weight is 298 g/mol. The van der Waals surface area contributed by atoms with Crippen molar-refractivity contribution in [3.8, 4) is 5.75 Å². The van der Waals surface area contributed by atoms with Crippen LogP contribution in [0.2, 0.25) is 0 Å². The van der Waals surface area contributed by atoms with E-state index in [1.165, 1.54) is 0 Å². The van der Waals surface area contributed by atoms with Crippen LogP contribution in [-0.2, 0) is 4.79 Å². The highest BCUT2D eigenvalue weighted by Gasteiger charge is 2.30. The minimum atomic E-state index is 0.151. The van der Waals surface area contributed by atoms with Gasteiger partial charge in [0.05, 0.1) is 12.3 Å². The Hall–Kier alpha value is -1.03. The summed E-state index contributed by atoms with van der Waals surface area (Å²) in [6.45, 7) is 5.28. The smallest absolute Gasteiger partial charge is 0.228 e. The van der Waals surface area contributed by atoms with E-state index in [9.17, 15) is 4.79 Å². The molecule has 92 valence electrons. The van der Waals surface area contributed by atoms with E-state index in [1.54, 1.807) is 4.90 Å². The zero-order chi connectivity index (χ0) is 12.4. The molecule has 1 amide bonds. The van der Waals surface area contributed by atoms with Gasteiger partial charge < -0.3 is 9.64 Å². The van der Waals surface area contributed by atoms with Crippen LogP contribution in [0, 0.1) is 6.92 Å². The van der Waals surface area contributed by atoms with Crippen LogP contribution in [0.15, 0.2) is 18.2 Å². The maximum Gasteiger partial charge on any atom is 0.228 e. The Bertz CT molecular complexity index is 433. The second-order valence-corrected chi connectivity index (χ2v) is 5.50. The minimum Gasteiger partial charge on any atom is -0.492 e. The molecule has 1 saturated heterocycles. The first-order valence-corrected chi connectivity index (χ1v) is 6.71. The Labute approximate surface area is 110 Å². The maximum atomic E-state index is 11.9. The molecule has 4 heteroatoms. The molecule has 2 rings (SSSR count). The Morgan fingerprint density at radius 2 is 2.29 bits per heavy atom. The molecule has 17 heavy (non-hydrogen) atoms. The molecule has 0 N–H and O–H groups in total. The Kier molecular flexibility index (Phi) is 3.72. The van der Waals surface area contributed by atoms with Crippen LogP contribution in [0.25, 0.3) is 0 Å². The quantitative estimate of drug-likeness (QED) is 0.803. The van der Waals surface area contributed by atoms with Crippen LogP contribution in [0.1, 0.15) is 18.9 Å². The Morgan fingerprint density at radius 3 is 2.88 bits per heavy atom. The molecule has 1 unspecified atom stereocenters. The molecule has 0 spiro atoms. The second kappa shape index (κ2) is 5.08. The largest absolute Gasteiger partial charge is 0.492 e. The lowest BCUT2D eigenvalue weighted by Crippen LogP contribution is -2.25. The van der Waals surface area contributed by atoms with Crippen LogP contribution >= 0.6 is 15.9 Å². The van der Waals surface area contributed by atoms with Crippen molar-refractivity contribution in [3.63, 3.8) is 0 Å². The summed E-state index contributed by atoms with van der Waals surface area (Å²) in [5.74, 6) is 0.937. The first-order chi connectivity index (χ1) is 8.11. The number of anilines is 1. The van der Waals surface area contributed by atoms with Gasteiger partial charge in [0.2, 0.25) is 5.91 Å². The molecule has 1 aromatic rings. The molecule has 1 aromatic carbocycles. The molecule has 1 heterocycles. The number of amides is 1. The molecule has 1 aliphatic rings. The van der Waals surface area contributed by atoms with Crippen molar-refractivity contribution < 1.29 is 9.53 Å². The summed E-state index contributed by atoms with van der Waals surface area (Å²) >= 11 is 3.50. The monoisotopic (exact) mass is 297 g/mol. The van der Waals surface area contributed by atoms with Gasteiger partial charge in [-0.15, -0.1) is 0 Å². The molecule has 1 atom stereocenters. The summed E-state index contributed by atoms with van der Waals surface area (Å²) < 4.78 is 5.58. The summed E-state index contributed by atoms with van der Waals surface area (Å²) in [7, 11) is 0. The van der Waals surface area contributed by atoms with Crippen LogP contribution in [0.5, 0.6) is 5.75 Å². The van der Waals surface area contributed by atoms with Gasteiger partial charge >= 0.3 is 0 Å². The number of hydrogen-bond donors (Lipinski definition) is 0. The number of rotatable bonds is 3. The fourth-order valence-corrected chi connectivity index (χ4v) is 2.58. The van der Waals surface area contributed by atoms with E-state index < -0.39 is 0 Å². The van der Waals surface area contributed by atoms with Gasteiger partial charge in [0.1, 0.15) is 5.75 Å². The van der Waals surface area contributed by atoms with Crippen LogP contribution in [0.3, 0.4) is 0 Å². The maximum absolute atomic E-state index is 11.9. The second-order valence-electron chi connectivity index (χ2n) is 4.21. The number of aryl methyl sites for hydroxylation is 1. The van der Waals surface area contributed by atoms with Crippen molar-refractivity contribution in [3.05, 3.63) is 23.8 Å². The summed E-state index contributed by atoms with van der Waals surface area (Å²) in [5, 5.41) is 0. The van der Waals surface area contributed by atoms with Crippen LogP contribution < -0.4 is 9.64 Å². The Morgan fingerprint density at radius 1 is 1.53 bits per heavy atom. The van der Waals surface area contributed by atoms with Crippen molar-refractivity contribution in [2.45, 2.75) is 25.1 Å². The number of benzene rings is 1. The average Bonchev–Trinajstić information content (AvgIpc) is 2.61. The number of halogens is 1. The molecule has 0 saturated carbocycles. The topological polar surface area (TPSA) is 29.5 Å². The number of carbonyl (C=O) groups is 1. The summed E-state index contributed by atoms with van der Waals surface area (Å²) in [6.07, 6.45) is 0.555. The predicted molar refractivity (Wildman–Crippen MR) is 72.0 cm³/mol. The molecule has 3 nitrogen and oxygen atoms in total. The lowest BCUT2D eigenvalue weighted by atomic mass is 10.2. The fraction of sp³-hybridized carbons (Fsp3) is 0.462. The molecule has 0 bridgehead atoms. The zero-order valence-electron chi connectivity index (χ0n) is 10.1. The molecule has 1 aliphatic heterocycles. The van der Waals surface area contributed by atoms with Crippen molar-refractivity contribution in [2.24, 2.45) is 0 Å². The van der Waals surface area contributed by atoms with Crippen molar-refractivity contribution >= 4 is 27.5 Å². The number of carbonyl (C=O) groups excluding carboxylic acids is 1. The number of nitrogens with zero attached hydrogens (tertiary/aromatic N) is 1. The van der Waals surface area contributed by atoms with Gasteiger partial charge in [0.25, 0.3) is 0 Å². The number of alkyl halides is 1. The number of ether oxygens (including phenoxy) is 1. The van der Waals surface area contributed by atoms with E-state index in [0.717, 1.165) is 17.0 Å².